The van der Waals surface area contributed by atoms with E-state index in [-0.39, 0.29) is 24.3 Å². The molecule has 0 aliphatic heterocycles. The van der Waals surface area contributed by atoms with Crippen LogP contribution in [0.5, 0.6) is 0 Å². The fourth-order valence-electron chi connectivity index (χ4n) is 2.77. The number of rotatable bonds is 6. The van der Waals surface area contributed by atoms with Crippen molar-refractivity contribution in [3.8, 4) is 0 Å². The van der Waals surface area contributed by atoms with Crippen LogP contribution in [0.1, 0.15) is 30.0 Å². The summed E-state index contributed by atoms with van der Waals surface area (Å²) in [5.74, 6) is -0.414. The molecule has 1 fully saturated rings. The smallest absolute Gasteiger partial charge is 0.242 e. The summed E-state index contributed by atoms with van der Waals surface area (Å²) < 4.78 is 14.1. The molecule has 2 aromatic rings. The van der Waals surface area contributed by atoms with E-state index in [0.29, 0.717) is 10.6 Å². The average Bonchev–Trinajstić information content (AvgIpc) is 3.36. The quantitative estimate of drug-likeness (QED) is 0.859. The monoisotopic (exact) mass is 346 g/mol. The molecule has 3 rings (SSSR count). The van der Waals surface area contributed by atoms with Crippen molar-refractivity contribution in [3.63, 3.8) is 0 Å². The normalized spacial score (nSPS) is 15.3. The van der Waals surface area contributed by atoms with Crippen molar-refractivity contribution in [3.05, 3.63) is 70.5 Å². The molecule has 126 valence electrons. The van der Waals surface area contributed by atoms with Crippen molar-refractivity contribution in [2.45, 2.75) is 31.5 Å². The number of carbonyl (C=O) groups is 1. The molecule has 1 atom stereocenters. The third-order valence-electron chi connectivity index (χ3n) is 4.20. The van der Waals surface area contributed by atoms with Crippen LogP contribution in [0.25, 0.3) is 0 Å². The molecule has 2 aromatic carbocycles. The highest BCUT2D eigenvalue weighted by Crippen LogP contribution is 2.27. The third kappa shape index (κ3) is 3.94. The number of halogens is 2. The van der Waals surface area contributed by atoms with Gasteiger partial charge in [0, 0.05) is 23.2 Å². The maximum absolute atomic E-state index is 14.1. The van der Waals surface area contributed by atoms with Gasteiger partial charge in [0.1, 0.15) is 11.9 Å². The maximum atomic E-state index is 14.1. The second-order valence-electron chi connectivity index (χ2n) is 6.21. The zero-order valence-corrected chi connectivity index (χ0v) is 14.3. The number of amides is 1. The van der Waals surface area contributed by atoms with Crippen molar-refractivity contribution in [1.29, 1.82) is 0 Å². The summed E-state index contributed by atoms with van der Waals surface area (Å²) in [4.78, 5) is 14.5. The first-order valence-corrected chi connectivity index (χ1v) is 8.42. The van der Waals surface area contributed by atoms with Gasteiger partial charge >= 0.3 is 0 Å². The van der Waals surface area contributed by atoms with E-state index in [1.807, 2.05) is 42.3 Å². The lowest BCUT2D eigenvalue weighted by Crippen LogP contribution is -2.39. The van der Waals surface area contributed by atoms with E-state index in [4.69, 9.17) is 11.6 Å². The van der Waals surface area contributed by atoms with Crippen LogP contribution >= 0.6 is 11.6 Å². The minimum absolute atomic E-state index is 0.0568. The van der Waals surface area contributed by atoms with Gasteiger partial charge in [-0.2, -0.15) is 0 Å². The van der Waals surface area contributed by atoms with E-state index in [1.165, 1.54) is 6.07 Å². The Morgan fingerprint density at radius 3 is 2.58 bits per heavy atom. The highest BCUT2D eigenvalue weighted by atomic mass is 35.5. The van der Waals surface area contributed by atoms with Gasteiger partial charge in [0.15, 0.2) is 0 Å². The van der Waals surface area contributed by atoms with Crippen LogP contribution in [0.2, 0.25) is 5.02 Å². The van der Waals surface area contributed by atoms with Gasteiger partial charge in [-0.1, -0.05) is 48.0 Å². The number of carbonyl (C=O) groups excluding carboxylic acids is 1. The van der Waals surface area contributed by atoms with E-state index >= 15 is 0 Å². The number of nitrogens with zero attached hydrogens (tertiary/aromatic N) is 1. The Balaban J connectivity index is 1.85. The predicted octanol–water partition coefficient (Wildman–Crippen LogP) is 3.93. The molecule has 0 bridgehead atoms. The Morgan fingerprint density at radius 1 is 1.25 bits per heavy atom. The first-order chi connectivity index (χ1) is 11.6. The molecule has 0 radical (unpaired) electrons. The highest BCUT2D eigenvalue weighted by molar-refractivity contribution is 6.31. The molecular weight excluding hydrogens is 327 g/mol. The molecule has 24 heavy (non-hydrogen) atoms. The van der Waals surface area contributed by atoms with Crippen molar-refractivity contribution in [1.82, 2.24) is 10.2 Å². The molecule has 1 amide bonds. The van der Waals surface area contributed by atoms with Crippen LogP contribution in [0.15, 0.2) is 48.5 Å². The summed E-state index contributed by atoms with van der Waals surface area (Å²) in [6.07, 6.45) is 2.05. The Hall–Kier alpha value is -1.91. The van der Waals surface area contributed by atoms with E-state index in [2.05, 4.69) is 5.32 Å². The lowest BCUT2D eigenvalue weighted by molar-refractivity contribution is -0.126. The van der Waals surface area contributed by atoms with Gasteiger partial charge in [0.25, 0.3) is 0 Å². The fraction of sp³-hybridized carbons (Fsp3) is 0.316. The van der Waals surface area contributed by atoms with Gasteiger partial charge in [0.2, 0.25) is 5.91 Å². The minimum Gasteiger partial charge on any atom is -0.352 e. The van der Waals surface area contributed by atoms with Crippen LogP contribution in [-0.4, -0.2) is 23.9 Å². The summed E-state index contributed by atoms with van der Waals surface area (Å²) in [7, 11) is 1.81. The van der Waals surface area contributed by atoms with Gasteiger partial charge in [-0.05, 0) is 37.6 Å². The van der Waals surface area contributed by atoms with Crippen molar-refractivity contribution < 1.29 is 9.18 Å². The van der Waals surface area contributed by atoms with Crippen LogP contribution in [-0.2, 0) is 11.3 Å². The molecule has 0 unspecified atom stereocenters. The number of benzene rings is 2. The molecule has 0 spiro atoms. The molecular formula is C19H20ClFN2O. The Kier molecular flexibility index (Phi) is 5.17. The van der Waals surface area contributed by atoms with E-state index in [1.54, 1.807) is 12.1 Å². The molecule has 0 saturated heterocycles. The maximum Gasteiger partial charge on any atom is 0.242 e. The van der Waals surface area contributed by atoms with Crippen LogP contribution in [0.3, 0.4) is 0 Å². The summed E-state index contributed by atoms with van der Waals surface area (Å²) in [6, 6.07) is 14.0. The molecule has 1 saturated carbocycles. The van der Waals surface area contributed by atoms with E-state index < -0.39 is 6.04 Å². The lowest BCUT2D eigenvalue weighted by Gasteiger charge is -2.28. The van der Waals surface area contributed by atoms with Gasteiger partial charge < -0.3 is 5.32 Å². The Labute approximate surface area is 146 Å². The predicted molar refractivity (Wildman–Crippen MR) is 93.2 cm³/mol. The molecule has 1 aliphatic rings. The highest BCUT2D eigenvalue weighted by Gasteiger charge is 2.31. The zero-order valence-electron chi connectivity index (χ0n) is 13.5. The van der Waals surface area contributed by atoms with Crippen LogP contribution < -0.4 is 5.32 Å². The SMILES string of the molecule is CN(Cc1c(F)cccc1Cl)[C@H](C(=O)NC1CC1)c1ccccc1. The third-order valence-corrected chi connectivity index (χ3v) is 4.55. The van der Waals surface area contributed by atoms with Crippen molar-refractivity contribution in [2.24, 2.45) is 0 Å². The number of likely N-dealkylation sites (N-methyl/N-ethyl adjacent to an activating group) is 1. The van der Waals surface area contributed by atoms with E-state index in [0.717, 1.165) is 18.4 Å². The van der Waals surface area contributed by atoms with Crippen LogP contribution in [0, 0.1) is 5.82 Å². The Morgan fingerprint density at radius 2 is 1.96 bits per heavy atom. The first kappa shape index (κ1) is 16.9. The average molecular weight is 347 g/mol. The Bertz CT molecular complexity index is 698. The number of nitrogens with one attached hydrogen (secondary N) is 1. The first-order valence-electron chi connectivity index (χ1n) is 8.04. The molecule has 0 aromatic heterocycles. The number of hydrogen-bond donors (Lipinski definition) is 1. The summed E-state index contributed by atoms with van der Waals surface area (Å²) >= 11 is 6.13. The van der Waals surface area contributed by atoms with Gasteiger partial charge in [0.05, 0.1) is 0 Å². The van der Waals surface area contributed by atoms with Crippen molar-refractivity contribution >= 4 is 17.5 Å². The van der Waals surface area contributed by atoms with Crippen LogP contribution in [0.4, 0.5) is 4.39 Å². The van der Waals surface area contributed by atoms with E-state index in [9.17, 15) is 9.18 Å². The van der Waals surface area contributed by atoms with Gasteiger partial charge in [-0.3, -0.25) is 9.69 Å². The zero-order chi connectivity index (χ0) is 17.1. The standard InChI is InChI=1S/C19H20ClFN2O/c1-23(12-15-16(20)8-5-9-17(15)21)18(13-6-3-2-4-7-13)19(24)22-14-10-11-14/h2-9,14,18H,10-12H2,1H3,(H,22,24)/t18-/m0/s1. The molecule has 0 heterocycles. The molecule has 1 aliphatic carbocycles. The number of hydrogen-bond acceptors (Lipinski definition) is 2. The minimum atomic E-state index is -0.484. The summed E-state index contributed by atoms with van der Waals surface area (Å²) in [6.45, 7) is 0.253. The van der Waals surface area contributed by atoms with Gasteiger partial charge in [-0.15, -0.1) is 0 Å². The lowest BCUT2D eigenvalue weighted by atomic mass is 10.0. The summed E-state index contributed by atoms with van der Waals surface area (Å²) in [5.41, 5.74) is 1.28. The topological polar surface area (TPSA) is 32.3 Å². The second kappa shape index (κ2) is 7.32. The summed E-state index contributed by atoms with van der Waals surface area (Å²) in [5, 5.41) is 3.41. The molecule has 3 nitrogen and oxygen atoms in total. The second-order valence-corrected chi connectivity index (χ2v) is 6.62. The fourth-order valence-corrected chi connectivity index (χ4v) is 3.00. The molecule has 1 N–H and O–H groups in total. The molecule has 5 heteroatoms. The largest absolute Gasteiger partial charge is 0.352 e. The van der Waals surface area contributed by atoms with Gasteiger partial charge in [-0.25, -0.2) is 4.39 Å². The van der Waals surface area contributed by atoms with Crippen molar-refractivity contribution in [2.75, 3.05) is 7.05 Å².